The van der Waals surface area contributed by atoms with Crippen LogP contribution in [0.15, 0.2) is 29.5 Å². The number of ether oxygens (including phenoxy) is 3. The number of nitrogens with zero attached hydrogens (tertiary/aromatic N) is 2. The van der Waals surface area contributed by atoms with Crippen molar-refractivity contribution in [2.75, 3.05) is 61.1 Å². The van der Waals surface area contributed by atoms with Crippen LogP contribution in [0, 0.1) is 0 Å². The fourth-order valence-electron chi connectivity index (χ4n) is 3.61. The average Bonchev–Trinajstić information content (AvgIpc) is 2.74. The Morgan fingerprint density at radius 2 is 1.79 bits per heavy atom. The Balaban J connectivity index is 1.98. The van der Waals surface area contributed by atoms with Crippen molar-refractivity contribution in [1.82, 2.24) is 20.4 Å². The molecule has 0 spiro atoms. The molecule has 0 saturated carbocycles. The van der Waals surface area contributed by atoms with E-state index in [0.717, 1.165) is 26.2 Å². The van der Waals surface area contributed by atoms with Gasteiger partial charge in [-0.3, -0.25) is 4.90 Å². The summed E-state index contributed by atoms with van der Waals surface area (Å²) in [6.45, 7) is 4.06. The maximum atomic E-state index is 12.7. The Morgan fingerprint density at radius 3 is 2.41 bits per heavy atom. The summed E-state index contributed by atoms with van der Waals surface area (Å²) in [5.41, 5.74) is 1.65. The van der Waals surface area contributed by atoms with Gasteiger partial charge >= 0.3 is 12.0 Å². The number of amides is 2. The molecule has 1 aromatic rings. The largest absolute Gasteiger partial charge is 0.493 e. The second kappa shape index (κ2) is 9.15. The molecule has 3 rings (SSSR count). The van der Waals surface area contributed by atoms with Gasteiger partial charge < -0.3 is 29.7 Å². The van der Waals surface area contributed by atoms with E-state index in [2.05, 4.69) is 27.5 Å². The zero-order chi connectivity index (χ0) is 21.0. The Morgan fingerprint density at radius 1 is 1.10 bits per heavy atom. The summed E-state index contributed by atoms with van der Waals surface area (Å²) in [4.78, 5) is 29.5. The predicted octanol–water partition coefficient (Wildman–Crippen LogP) is 0.732. The van der Waals surface area contributed by atoms with Crippen LogP contribution in [0.1, 0.15) is 11.6 Å². The predicted molar refractivity (Wildman–Crippen MR) is 107 cm³/mol. The van der Waals surface area contributed by atoms with Crippen molar-refractivity contribution in [3.05, 3.63) is 35.0 Å². The summed E-state index contributed by atoms with van der Waals surface area (Å²) >= 11 is 0. The Kier molecular flexibility index (Phi) is 6.60. The second-order valence-electron chi connectivity index (χ2n) is 7.11. The molecule has 0 aromatic heterocycles. The topological polar surface area (TPSA) is 92.4 Å². The van der Waals surface area contributed by atoms with Crippen molar-refractivity contribution in [2.24, 2.45) is 0 Å². The van der Waals surface area contributed by atoms with E-state index >= 15 is 0 Å². The van der Waals surface area contributed by atoms with Gasteiger partial charge in [0.05, 0.1) is 32.9 Å². The van der Waals surface area contributed by atoms with Gasteiger partial charge in [0.15, 0.2) is 11.5 Å². The van der Waals surface area contributed by atoms with E-state index in [9.17, 15) is 9.59 Å². The highest BCUT2D eigenvalue weighted by Gasteiger charge is 2.34. The maximum Gasteiger partial charge on any atom is 0.338 e. The minimum Gasteiger partial charge on any atom is -0.493 e. The lowest BCUT2D eigenvalue weighted by molar-refractivity contribution is -0.136. The number of carbonyl (C=O) groups is 2. The maximum absolute atomic E-state index is 12.7. The summed E-state index contributed by atoms with van der Waals surface area (Å²) in [5.74, 6) is 0.599. The molecular formula is C20H28N4O5. The van der Waals surface area contributed by atoms with Crippen molar-refractivity contribution in [2.45, 2.75) is 6.04 Å². The molecule has 1 aromatic carbocycles. The molecule has 9 heteroatoms. The van der Waals surface area contributed by atoms with Gasteiger partial charge in [0.25, 0.3) is 0 Å². The van der Waals surface area contributed by atoms with Gasteiger partial charge in [-0.1, -0.05) is 6.07 Å². The molecule has 0 radical (unpaired) electrons. The van der Waals surface area contributed by atoms with Gasteiger partial charge in [-0.15, -0.1) is 0 Å². The van der Waals surface area contributed by atoms with Gasteiger partial charge in [0, 0.05) is 38.4 Å². The Bertz CT molecular complexity index is 802. The summed E-state index contributed by atoms with van der Waals surface area (Å²) in [6.07, 6.45) is 0. The SMILES string of the molecule is COC(=O)C1=C(CN2CCN(C)CC2)NC(=O)N[C@H]1c1ccc(OC)c(OC)c1. The molecule has 158 valence electrons. The lowest BCUT2D eigenvalue weighted by Crippen LogP contribution is -2.51. The average molecular weight is 404 g/mol. The van der Waals surface area contributed by atoms with Crippen molar-refractivity contribution in [1.29, 1.82) is 0 Å². The summed E-state index contributed by atoms with van der Waals surface area (Å²) in [6, 6.07) is 4.29. The smallest absolute Gasteiger partial charge is 0.338 e. The first kappa shape index (κ1) is 20.9. The molecule has 29 heavy (non-hydrogen) atoms. The van der Waals surface area contributed by atoms with Crippen molar-refractivity contribution < 1.29 is 23.8 Å². The molecular weight excluding hydrogens is 376 g/mol. The van der Waals surface area contributed by atoms with Crippen LogP contribution in [-0.4, -0.2) is 82.9 Å². The normalized spacial score (nSPS) is 20.7. The van der Waals surface area contributed by atoms with Crippen LogP contribution < -0.4 is 20.1 Å². The first-order valence-electron chi connectivity index (χ1n) is 9.48. The van der Waals surface area contributed by atoms with Crippen LogP contribution in [0.5, 0.6) is 11.5 Å². The van der Waals surface area contributed by atoms with Crippen LogP contribution in [0.3, 0.4) is 0 Å². The first-order chi connectivity index (χ1) is 14.0. The van der Waals surface area contributed by atoms with E-state index in [4.69, 9.17) is 14.2 Å². The number of hydrogen-bond donors (Lipinski definition) is 2. The lowest BCUT2D eigenvalue weighted by Gasteiger charge is -2.35. The van der Waals surface area contributed by atoms with Gasteiger partial charge in [-0.25, -0.2) is 9.59 Å². The molecule has 1 saturated heterocycles. The van der Waals surface area contributed by atoms with Crippen LogP contribution >= 0.6 is 0 Å². The third kappa shape index (κ3) is 4.63. The number of benzene rings is 1. The van der Waals surface area contributed by atoms with Crippen LogP contribution in [-0.2, 0) is 9.53 Å². The molecule has 2 heterocycles. The van der Waals surface area contributed by atoms with E-state index in [1.165, 1.54) is 7.11 Å². The monoisotopic (exact) mass is 404 g/mol. The first-order valence-corrected chi connectivity index (χ1v) is 9.48. The van der Waals surface area contributed by atoms with Crippen LogP contribution in [0.25, 0.3) is 0 Å². The number of nitrogens with one attached hydrogen (secondary N) is 2. The van der Waals surface area contributed by atoms with Gasteiger partial charge in [0.1, 0.15) is 0 Å². The minimum absolute atomic E-state index is 0.360. The fraction of sp³-hybridized carbons (Fsp3) is 0.500. The molecule has 2 aliphatic heterocycles. The minimum atomic E-state index is -0.654. The number of carbonyl (C=O) groups excluding carboxylic acids is 2. The molecule has 2 amide bonds. The van der Waals surface area contributed by atoms with Crippen molar-refractivity contribution in [3.63, 3.8) is 0 Å². The summed E-state index contributed by atoms with van der Waals surface area (Å²) in [7, 11) is 6.51. The molecule has 0 unspecified atom stereocenters. The van der Waals surface area contributed by atoms with E-state index in [-0.39, 0.29) is 6.03 Å². The second-order valence-corrected chi connectivity index (χ2v) is 7.11. The highest BCUT2D eigenvalue weighted by atomic mass is 16.5. The van der Waals surface area contributed by atoms with E-state index in [1.807, 2.05) is 0 Å². The zero-order valence-corrected chi connectivity index (χ0v) is 17.3. The van der Waals surface area contributed by atoms with Crippen molar-refractivity contribution in [3.8, 4) is 11.5 Å². The fourth-order valence-corrected chi connectivity index (χ4v) is 3.61. The molecule has 9 nitrogen and oxygen atoms in total. The standard InChI is InChI=1S/C20H28N4O5/c1-23-7-9-24(10-8-23)12-14-17(19(25)29-4)18(22-20(26)21-14)13-5-6-15(27-2)16(11-13)28-3/h5-6,11,18H,7-10,12H2,1-4H3,(H2,21,22,26)/t18-/m0/s1. The quantitative estimate of drug-likeness (QED) is 0.676. The van der Waals surface area contributed by atoms with Crippen LogP contribution in [0.4, 0.5) is 4.79 Å². The van der Waals surface area contributed by atoms with Gasteiger partial charge in [0.2, 0.25) is 0 Å². The van der Waals surface area contributed by atoms with Crippen molar-refractivity contribution >= 4 is 12.0 Å². The van der Waals surface area contributed by atoms with E-state index in [1.54, 1.807) is 32.4 Å². The molecule has 0 bridgehead atoms. The number of urea groups is 1. The third-order valence-corrected chi connectivity index (χ3v) is 5.28. The van der Waals surface area contributed by atoms with E-state index in [0.29, 0.717) is 34.9 Å². The van der Waals surface area contributed by atoms with Gasteiger partial charge in [-0.05, 0) is 24.7 Å². The number of piperazine rings is 1. The lowest BCUT2D eigenvalue weighted by atomic mass is 9.94. The van der Waals surface area contributed by atoms with E-state index < -0.39 is 12.0 Å². The number of methoxy groups -OCH3 is 3. The number of hydrogen-bond acceptors (Lipinski definition) is 7. The van der Waals surface area contributed by atoms with Gasteiger partial charge in [-0.2, -0.15) is 0 Å². The summed E-state index contributed by atoms with van der Waals surface area (Å²) in [5, 5.41) is 5.64. The number of rotatable bonds is 6. The third-order valence-electron chi connectivity index (χ3n) is 5.28. The number of esters is 1. The molecule has 2 N–H and O–H groups in total. The Labute approximate surface area is 170 Å². The molecule has 1 atom stereocenters. The molecule has 0 aliphatic carbocycles. The molecule has 2 aliphatic rings. The zero-order valence-electron chi connectivity index (χ0n) is 17.3. The Hall–Kier alpha value is -2.78. The highest BCUT2D eigenvalue weighted by Crippen LogP contribution is 2.34. The van der Waals surface area contributed by atoms with Crippen LogP contribution in [0.2, 0.25) is 0 Å². The summed E-state index contributed by atoms with van der Waals surface area (Å²) < 4.78 is 15.7. The highest BCUT2D eigenvalue weighted by molar-refractivity contribution is 5.95. The number of likely N-dealkylation sites (N-methyl/N-ethyl adjacent to an activating group) is 1. The molecule has 1 fully saturated rings.